The van der Waals surface area contributed by atoms with Crippen molar-refractivity contribution in [3.05, 3.63) is 37.1 Å². The fourth-order valence-electron chi connectivity index (χ4n) is 2.60. The molecule has 0 aromatic carbocycles. The van der Waals surface area contributed by atoms with E-state index in [1.807, 2.05) is 0 Å². The van der Waals surface area contributed by atoms with Crippen molar-refractivity contribution in [2.45, 2.75) is 23.1 Å². The van der Waals surface area contributed by atoms with Gasteiger partial charge in [0.25, 0.3) is 10.0 Å². The van der Waals surface area contributed by atoms with Gasteiger partial charge in [-0.15, -0.1) is 11.3 Å². The van der Waals surface area contributed by atoms with Crippen LogP contribution < -0.4 is 5.32 Å². The number of amides is 1. The molecule has 0 unspecified atom stereocenters. The van der Waals surface area contributed by atoms with E-state index in [0.29, 0.717) is 23.6 Å². The lowest BCUT2D eigenvalue weighted by Crippen LogP contribution is -2.49. The Kier molecular flexibility index (Phi) is 4.83. The summed E-state index contributed by atoms with van der Waals surface area (Å²) in [7, 11) is -3.60. The van der Waals surface area contributed by atoms with Crippen molar-refractivity contribution >= 4 is 27.3 Å². The summed E-state index contributed by atoms with van der Waals surface area (Å²) in [5.74, 6) is 0.249. The molecule has 3 heterocycles. The smallest absolute Gasteiger partial charge is 0.252 e. The maximum atomic E-state index is 12.8. The van der Waals surface area contributed by atoms with E-state index in [9.17, 15) is 13.2 Å². The van der Waals surface area contributed by atoms with E-state index in [-0.39, 0.29) is 22.7 Å². The maximum Gasteiger partial charge on any atom is 0.252 e. The zero-order valence-corrected chi connectivity index (χ0v) is 14.5. The first kappa shape index (κ1) is 16.9. The van der Waals surface area contributed by atoms with E-state index in [0.717, 1.165) is 17.8 Å². The van der Waals surface area contributed by atoms with Crippen LogP contribution in [0, 0.1) is 0 Å². The molecule has 0 radical (unpaired) electrons. The molecule has 9 heteroatoms. The Hall–Kier alpha value is -1.97. The first-order valence-electron chi connectivity index (χ1n) is 7.44. The van der Waals surface area contributed by atoms with Crippen molar-refractivity contribution in [2.75, 3.05) is 13.1 Å². The average molecular weight is 367 g/mol. The van der Waals surface area contributed by atoms with Gasteiger partial charge in [-0.1, -0.05) is 11.7 Å². The number of carbonyl (C=O) groups is 1. The molecule has 0 spiro atoms. The van der Waals surface area contributed by atoms with Crippen LogP contribution in [-0.4, -0.2) is 42.9 Å². The Labute approximate surface area is 144 Å². The minimum absolute atomic E-state index is 0.201. The zero-order valence-electron chi connectivity index (χ0n) is 12.8. The Morgan fingerprint density at radius 2 is 2.29 bits per heavy atom. The molecular formula is C15H17N3O4S2. The highest BCUT2D eigenvalue weighted by Crippen LogP contribution is 2.32. The zero-order chi connectivity index (χ0) is 17.2. The third kappa shape index (κ3) is 3.42. The predicted molar refractivity (Wildman–Crippen MR) is 89.9 cm³/mol. The summed E-state index contributed by atoms with van der Waals surface area (Å²) in [5.41, 5.74) is 0. The second-order valence-corrected chi connectivity index (χ2v) is 8.66. The molecule has 1 aliphatic rings. The fraction of sp³-hybridized carbons (Fsp3) is 0.333. The topological polar surface area (TPSA) is 92.5 Å². The summed E-state index contributed by atoms with van der Waals surface area (Å²) in [6.45, 7) is 4.12. The summed E-state index contributed by atoms with van der Waals surface area (Å²) >= 11 is 1.14. The molecule has 0 saturated carbocycles. The molecule has 2 aromatic rings. The minimum atomic E-state index is -3.60. The van der Waals surface area contributed by atoms with Gasteiger partial charge in [0.2, 0.25) is 5.91 Å². The van der Waals surface area contributed by atoms with Gasteiger partial charge in [-0.3, -0.25) is 4.79 Å². The minimum Gasteiger partial charge on any atom is -0.355 e. The highest BCUT2D eigenvalue weighted by molar-refractivity contribution is 7.91. The number of thiophene rings is 1. The molecule has 24 heavy (non-hydrogen) atoms. The van der Waals surface area contributed by atoms with Gasteiger partial charge in [0.1, 0.15) is 4.21 Å². The van der Waals surface area contributed by atoms with Crippen LogP contribution in [0.2, 0.25) is 0 Å². The highest BCUT2D eigenvalue weighted by Gasteiger charge is 2.32. The molecule has 1 saturated heterocycles. The normalized spacial score (nSPS) is 19.1. The molecular weight excluding hydrogens is 350 g/mol. The SMILES string of the molecule is C=CC(=O)N[C@H]1CCCN(S(=O)(=O)c2ccc(-c3ccno3)s2)C1. The van der Waals surface area contributed by atoms with Crippen LogP contribution in [0.4, 0.5) is 0 Å². The van der Waals surface area contributed by atoms with Gasteiger partial charge in [-0.2, -0.15) is 4.31 Å². The number of nitrogens with zero attached hydrogens (tertiary/aromatic N) is 2. The van der Waals surface area contributed by atoms with E-state index < -0.39 is 10.0 Å². The average Bonchev–Trinajstić information content (AvgIpc) is 3.26. The van der Waals surface area contributed by atoms with Crippen molar-refractivity contribution in [2.24, 2.45) is 0 Å². The van der Waals surface area contributed by atoms with Gasteiger partial charge in [-0.05, 0) is 31.1 Å². The number of sulfonamides is 1. The van der Waals surface area contributed by atoms with E-state index in [2.05, 4.69) is 17.1 Å². The van der Waals surface area contributed by atoms with E-state index in [4.69, 9.17) is 4.52 Å². The molecule has 1 atom stereocenters. The number of nitrogens with one attached hydrogen (secondary N) is 1. The lowest BCUT2D eigenvalue weighted by atomic mass is 10.1. The van der Waals surface area contributed by atoms with Crippen LogP contribution in [-0.2, 0) is 14.8 Å². The summed E-state index contributed by atoms with van der Waals surface area (Å²) in [6, 6.07) is 4.76. The molecule has 0 aliphatic carbocycles. The number of hydrogen-bond donors (Lipinski definition) is 1. The number of hydrogen-bond acceptors (Lipinski definition) is 6. The van der Waals surface area contributed by atoms with Crippen LogP contribution >= 0.6 is 11.3 Å². The highest BCUT2D eigenvalue weighted by atomic mass is 32.2. The largest absolute Gasteiger partial charge is 0.355 e. The number of piperidine rings is 1. The lowest BCUT2D eigenvalue weighted by Gasteiger charge is -2.31. The molecule has 3 rings (SSSR count). The number of rotatable bonds is 5. The summed E-state index contributed by atoms with van der Waals surface area (Å²) in [4.78, 5) is 12.1. The predicted octanol–water partition coefficient (Wildman–Crippen LogP) is 1.86. The second kappa shape index (κ2) is 6.88. The number of carbonyl (C=O) groups excluding carboxylic acids is 1. The quantitative estimate of drug-likeness (QED) is 0.814. The van der Waals surface area contributed by atoms with Gasteiger partial charge < -0.3 is 9.84 Å². The van der Waals surface area contributed by atoms with Crippen molar-refractivity contribution in [3.8, 4) is 10.6 Å². The second-order valence-electron chi connectivity index (χ2n) is 5.41. The Morgan fingerprint density at radius 1 is 1.46 bits per heavy atom. The standard InChI is InChI=1S/C15H17N3O4S2/c1-2-14(19)17-11-4-3-9-18(10-11)24(20,21)15-6-5-13(23-15)12-7-8-16-22-12/h2,5-8,11H,1,3-4,9-10H2,(H,17,19)/t11-/m0/s1. The van der Waals surface area contributed by atoms with Crippen LogP contribution in [0.1, 0.15) is 12.8 Å². The first-order chi connectivity index (χ1) is 11.5. The van der Waals surface area contributed by atoms with E-state index in [1.165, 1.54) is 16.6 Å². The third-order valence-corrected chi connectivity index (χ3v) is 7.20. The Balaban J connectivity index is 1.77. The molecule has 1 amide bonds. The van der Waals surface area contributed by atoms with Gasteiger partial charge >= 0.3 is 0 Å². The van der Waals surface area contributed by atoms with Gasteiger partial charge in [0.15, 0.2) is 5.76 Å². The monoisotopic (exact) mass is 367 g/mol. The van der Waals surface area contributed by atoms with Gasteiger partial charge in [0.05, 0.1) is 11.1 Å². The van der Waals surface area contributed by atoms with Crippen molar-refractivity contribution in [3.63, 3.8) is 0 Å². The number of aromatic nitrogens is 1. The van der Waals surface area contributed by atoms with Crippen molar-refractivity contribution in [1.29, 1.82) is 0 Å². The van der Waals surface area contributed by atoms with Gasteiger partial charge in [-0.25, -0.2) is 8.42 Å². The molecule has 1 fully saturated rings. The fourth-order valence-corrected chi connectivity index (χ4v) is 5.54. The maximum absolute atomic E-state index is 12.8. The van der Waals surface area contributed by atoms with E-state index >= 15 is 0 Å². The Morgan fingerprint density at radius 3 is 3.00 bits per heavy atom. The molecule has 7 nitrogen and oxygen atoms in total. The lowest BCUT2D eigenvalue weighted by molar-refractivity contribution is -0.117. The molecule has 128 valence electrons. The molecule has 1 N–H and O–H groups in total. The Bertz CT molecular complexity index is 827. The van der Waals surface area contributed by atoms with Crippen LogP contribution in [0.5, 0.6) is 0 Å². The molecule has 1 aliphatic heterocycles. The van der Waals surface area contributed by atoms with Crippen LogP contribution in [0.15, 0.2) is 45.8 Å². The van der Waals surface area contributed by atoms with E-state index in [1.54, 1.807) is 18.2 Å². The summed E-state index contributed by atoms with van der Waals surface area (Å²) in [6.07, 6.45) is 4.15. The van der Waals surface area contributed by atoms with Crippen molar-refractivity contribution in [1.82, 2.24) is 14.8 Å². The molecule has 0 bridgehead atoms. The first-order valence-corrected chi connectivity index (χ1v) is 9.70. The third-order valence-electron chi connectivity index (χ3n) is 3.77. The van der Waals surface area contributed by atoms with Crippen LogP contribution in [0.3, 0.4) is 0 Å². The summed E-state index contributed by atoms with van der Waals surface area (Å²) in [5, 5.41) is 6.40. The van der Waals surface area contributed by atoms with Gasteiger partial charge in [0, 0.05) is 25.2 Å². The van der Waals surface area contributed by atoms with Crippen molar-refractivity contribution < 1.29 is 17.7 Å². The molecule has 2 aromatic heterocycles. The van der Waals surface area contributed by atoms with Crippen LogP contribution in [0.25, 0.3) is 10.6 Å². The summed E-state index contributed by atoms with van der Waals surface area (Å²) < 4.78 is 32.4.